The van der Waals surface area contributed by atoms with Crippen LogP contribution in [0.4, 0.5) is 14.6 Å². The van der Waals surface area contributed by atoms with Crippen molar-refractivity contribution in [3.8, 4) is 17.0 Å². The van der Waals surface area contributed by atoms with Crippen molar-refractivity contribution in [3.63, 3.8) is 0 Å². The predicted octanol–water partition coefficient (Wildman–Crippen LogP) is 2.96. The van der Waals surface area contributed by atoms with Gasteiger partial charge in [0.05, 0.1) is 5.69 Å². The van der Waals surface area contributed by atoms with Crippen molar-refractivity contribution in [3.05, 3.63) is 29.8 Å². The molecule has 0 spiro atoms. The van der Waals surface area contributed by atoms with Crippen LogP contribution in [-0.2, 0) is 0 Å². The van der Waals surface area contributed by atoms with E-state index in [1.54, 1.807) is 12.1 Å². The molecule has 6 heteroatoms. The summed E-state index contributed by atoms with van der Waals surface area (Å²) in [5.74, 6) is 0.529. The number of anilines is 1. The number of aromatic amines is 1. The molecule has 0 fully saturated rings. The van der Waals surface area contributed by atoms with Crippen molar-refractivity contribution in [1.82, 2.24) is 10.2 Å². The first-order valence-corrected chi connectivity index (χ1v) is 5.34. The molecule has 2 aromatic rings. The monoisotopic (exact) mass is 253 g/mol. The zero-order valence-electron chi connectivity index (χ0n) is 10.00. The predicted molar refractivity (Wildman–Crippen MR) is 64.4 cm³/mol. The van der Waals surface area contributed by atoms with Crippen LogP contribution in [0.3, 0.4) is 0 Å². The Kier molecular flexibility index (Phi) is 2.94. The van der Waals surface area contributed by atoms with Gasteiger partial charge in [-0.1, -0.05) is 0 Å². The van der Waals surface area contributed by atoms with Crippen molar-refractivity contribution < 1.29 is 13.5 Å². The van der Waals surface area contributed by atoms with Gasteiger partial charge in [-0.25, -0.2) is 0 Å². The summed E-state index contributed by atoms with van der Waals surface area (Å²) in [5, 5.41) is 6.67. The van der Waals surface area contributed by atoms with Gasteiger partial charge >= 0.3 is 6.11 Å². The topological polar surface area (TPSA) is 63.9 Å². The number of alkyl halides is 2. The molecule has 3 N–H and O–H groups in total. The largest absolute Gasteiger partial charge is 0.433 e. The van der Waals surface area contributed by atoms with E-state index in [-0.39, 0.29) is 5.75 Å². The third kappa shape index (κ3) is 2.58. The minimum absolute atomic E-state index is 0.108. The Morgan fingerprint density at radius 1 is 1.28 bits per heavy atom. The second-order valence-electron chi connectivity index (χ2n) is 4.04. The molecule has 2 rings (SSSR count). The van der Waals surface area contributed by atoms with Crippen LogP contribution in [-0.4, -0.2) is 16.3 Å². The maximum absolute atomic E-state index is 12.6. The highest BCUT2D eigenvalue weighted by atomic mass is 19.3. The van der Waals surface area contributed by atoms with Crippen LogP contribution in [0.15, 0.2) is 24.3 Å². The van der Waals surface area contributed by atoms with Crippen LogP contribution in [0, 0.1) is 6.92 Å². The molecule has 1 aromatic heterocycles. The highest BCUT2D eigenvalue weighted by molar-refractivity contribution is 5.67. The standard InChI is InChI=1S/C12H13F2N3O/c1-7-10(16-17-11(7)15)8-3-5-9(6-4-8)18-12(2,13)14/h3-6H,1-2H3,(H3,15,16,17). The summed E-state index contributed by atoms with van der Waals surface area (Å²) in [5.41, 5.74) is 8.02. The molecule has 1 heterocycles. The fraction of sp³-hybridized carbons (Fsp3) is 0.250. The molecule has 0 radical (unpaired) electrons. The normalized spacial score (nSPS) is 11.6. The molecular formula is C12H13F2N3O. The molecule has 0 aliphatic carbocycles. The van der Waals surface area contributed by atoms with Crippen molar-refractivity contribution in [2.24, 2.45) is 0 Å². The minimum Gasteiger partial charge on any atom is -0.433 e. The first kappa shape index (κ1) is 12.3. The first-order valence-electron chi connectivity index (χ1n) is 5.34. The second-order valence-corrected chi connectivity index (χ2v) is 4.04. The Morgan fingerprint density at radius 2 is 1.89 bits per heavy atom. The van der Waals surface area contributed by atoms with Crippen molar-refractivity contribution >= 4 is 5.82 Å². The molecule has 0 unspecified atom stereocenters. The van der Waals surface area contributed by atoms with E-state index in [1.807, 2.05) is 6.92 Å². The number of hydrogen-bond donors (Lipinski definition) is 2. The molecule has 4 nitrogen and oxygen atoms in total. The highest BCUT2D eigenvalue weighted by Gasteiger charge is 2.23. The Morgan fingerprint density at radius 3 is 2.33 bits per heavy atom. The number of hydrogen-bond acceptors (Lipinski definition) is 3. The Bertz CT molecular complexity index is 543. The smallest absolute Gasteiger partial charge is 0.394 e. The molecule has 0 aliphatic rings. The van der Waals surface area contributed by atoms with Crippen LogP contribution in [0.5, 0.6) is 5.75 Å². The minimum atomic E-state index is -3.18. The van der Waals surface area contributed by atoms with Gasteiger partial charge in [0.25, 0.3) is 0 Å². The lowest BCUT2D eigenvalue weighted by atomic mass is 10.1. The summed E-state index contributed by atoms with van der Waals surface area (Å²) in [6.07, 6.45) is -3.18. The highest BCUT2D eigenvalue weighted by Crippen LogP contribution is 2.27. The summed E-state index contributed by atoms with van der Waals surface area (Å²) in [4.78, 5) is 0. The quantitative estimate of drug-likeness (QED) is 0.883. The van der Waals surface area contributed by atoms with E-state index < -0.39 is 6.11 Å². The fourth-order valence-electron chi connectivity index (χ4n) is 1.59. The van der Waals surface area contributed by atoms with Crippen LogP contribution >= 0.6 is 0 Å². The van der Waals surface area contributed by atoms with E-state index in [4.69, 9.17) is 5.73 Å². The molecular weight excluding hydrogens is 240 g/mol. The third-order valence-corrected chi connectivity index (χ3v) is 2.49. The van der Waals surface area contributed by atoms with Crippen molar-refractivity contribution in [1.29, 1.82) is 0 Å². The van der Waals surface area contributed by atoms with E-state index in [0.29, 0.717) is 12.7 Å². The molecule has 0 saturated heterocycles. The van der Waals surface area contributed by atoms with Gasteiger partial charge in [-0.05, 0) is 31.2 Å². The summed E-state index contributed by atoms with van der Waals surface area (Å²) < 4.78 is 29.7. The fourth-order valence-corrected chi connectivity index (χ4v) is 1.59. The van der Waals surface area contributed by atoms with Gasteiger partial charge in [-0.2, -0.15) is 13.9 Å². The van der Waals surface area contributed by atoms with Crippen molar-refractivity contribution in [2.75, 3.05) is 5.73 Å². The van der Waals surface area contributed by atoms with E-state index in [2.05, 4.69) is 14.9 Å². The number of rotatable bonds is 3. The Balaban J connectivity index is 2.25. The number of H-pyrrole nitrogens is 1. The lowest BCUT2D eigenvalue weighted by molar-refractivity contribution is -0.158. The number of nitrogen functional groups attached to an aromatic ring is 1. The van der Waals surface area contributed by atoms with E-state index in [1.165, 1.54) is 12.1 Å². The van der Waals surface area contributed by atoms with Crippen LogP contribution in [0.1, 0.15) is 12.5 Å². The van der Waals surface area contributed by atoms with Gasteiger partial charge in [0.1, 0.15) is 11.6 Å². The average Bonchev–Trinajstić information content (AvgIpc) is 2.59. The molecule has 0 saturated carbocycles. The van der Waals surface area contributed by atoms with Gasteiger partial charge in [-0.3, -0.25) is 5.10 Å². The Hall–Kier alpha value is -2.11. The maximum atomic E-state index is 12.6. The molecule has 1 aromatic carbocycles. The molecule has 18 heavy (non-hydrogen) atoms. The molecule has 0 amide bonds. The van der Waals surface area contributed by atoms with Crippen LogP contribution in [0.25, 0.3) is 11.3 Å². The van der Waals surface area contributed by atoms with E-state index in [9.17, 15) is 8.78 Å². The summed E-state index contributed by atoms with van der Waals surface area (Å²) in [6.45, 7) is 2.53. The van der Waals surface area contributed by atoms with E-state index in [0.717, 1.165) is 16.8 Å². The summed E-state index contributed by atoms with van der Waals surface area (Å²) in [7, 11) is 0. The van der Waals surface area contributed by atoms with E-state index >= 15 is 0 Å². The number of nitrogens with two attached hydrogens (primary N) is 1. The molecule has 0 bridgehead atoms. The number of benzene rings is 1. The molecule has 0 atom stereocenters. The van der Waals surface area contributed by atoms with Crippen molar-refractivity contribution in [2.45, 2.75) is 20.0 Å². The Labute approximate surface area is 103 Å². The number of halogens is 2. The SMILES string of the molecule is Cc1c(N)n[nH]c1-c1ccc(OC(C)(F)F)cc1. The van der Waals surface area contributed by atoms with Gasteiger partial charge in [0, 0.05) is 18.1 Å². The van der Waals surface area contributed by atoms with Gasteiger partial charge in [0.2, 0.25) is 0 Å². The second kappa shape index (κ2) is 4.29. The lowest BCUT2D eigenvalue weighted by Gasteiger charge is -2.13. The molecule has 96 valence electrons. The first-order chi connectivity index (χ1) is 8.37. The number of nitrogens with zero attached hydrogens (tertiary/aromatic N) is 1. The van der Waals surface area contributed by atoms with Crippen LogP contribution < -0.4 is 10.5 Å². The maximum Gasteiger partial charge on any atom is 0.394 e. The van der Waals surface area contributed by atoms with Gasteiger partial charge < -0.3 is 10.5 Å². The zero-order chi connectivity index (χ0) is 13.3. The van der Waals surface area contributed by atoms with Crippen LogP contribution in [0.2, 0.25) is 0 Å². The number of ether oxygens (including phenoxy) is 1. The summed E-state index contributed by atoms with van der Waals surface area (Å²) in [6, 6.07) is 6.29. The van der Waals surface area contributed by atoms with Gasteiger partial charge in [0.15, 0.2) is 0 Å². The van der Waals surface area contributed by atoms with Gasteiger partial charge in [-0.15, -0.1) is 0 Å². The third-order valence-electron chi connectivity index (χ3n) is 2.49. The number of aromatic nitrogens is 2. The molecule has 0 aliphatic heterocycles. The summed E-state index contributed by atoms with van der Waals surface area (Å²) >= 11 is 0. The number of nitrogens with one attached hydrogen (secondary N) is 1. The zero-order valence-corrected chi connectivity index (χ0v) is 10.00. The lowest BCUT2D eigenvalue weighted by Crippen LogP contribution is -2.18. The average molecular weight is 253 g/mol.